The van der Waals surface area contributed by atoms with Gasteiger partial charge in [0.1, 0.15) is 17.2 Å². The van der Waals surface area contributed by atoms with Crippen LogP contribution in [-0.2, 0) is 41.9 Å². The number of carbonyl (C=O) groups excluding carboxylic acids is 1. The summed E-state index contributed by atoms with van der Waals surface area (Å²) in [4.78, 5) is 35.0. The van der Waals surface area contributed by atoms with Crippen molar-refractivity contribution in [1.82, 2.24) is 14.5 Å². The number of nitrogens with zero attached hydrogens (tertiary/aromatic N) is 3. The molecule has 0 bridgehead atoms. The second-order valence-corrected chi connectivity index (χ2v) is 10.1. The van der Waals surface area contributed by atoms with Crippen LogP contribution in [-0.4, -0.2) is 41.1 Å². The van der Waals surface area contributed by atoms with Gasteiger partial charge in [0.2, 0.25) is 0 Å². The van der Waals surface area contributed by atoms with Gasteiger partial charge in [0, 0.05) is 4.88 Å². The summed E-state index contributed by atoms with van der Waals surface area (Å²) in [5.41, 5.74) is 2.25. The second kappa shape index (κ2) is 9.96. The third-order valence-corrected chi connectivity index (χ3v) is 7.10. The molecule has 170 valence electrons. The highest BCUT2D eigenvalue weighted by Crippen LogP contribution is 2.35. The maximum absolute atomic E-state index is 13.5. The molecule has 2 heterocycles. The van der Waals surface area contributed by atoms with Crippen LogP contribution >= 0.6 is 11.3 Å². The van der Waals surface area contributed by atoms with Crippen molar-refractivity contribution < 1.29 is 9.53 Å². The molecule has 0 saturated heterocycles. The Morgan fingerprint density at radius 3 is 2.81 bits per heavy atom. The number of aryl methyl sites for hydroxylation is 2. The number of esters is 1. The van der Waals surface area contributed by atoms with E-state index in [0.29, 0.717) is 30.3 Å². The van der Waals surface area contributed by atoms with Crippen LogP contribution in [0.3, 0.4) is 0 Å². The lowest BCUT2D eigenvalue weighted by molar-refractivity contribution is -0.144. The van der Waals surface area contributed by atoms with Crippen LogP contribution < -0.4 is 5.56 Å². The van der Waals surface area contributed by atoms with E-state index >= 15 is 0 Å². The minimum Gasteiger partial charge on any atom is -0.464 e. The molecule has 1 aliphatic carbocycles. The van der Waals surface area contributed by atoms with E-state index in [9.17, 15) is 9.59 Å². The fourth-order valence-electron chi connectivity index (χ4n) is 4.31. The summed E-state index contributed by atoms with van der Waals surface area (Å²) < 4.78 is 6.99. The number of hydrogen-bond acceptors (Lipinski definition) is 6. The molecule has 0 aliphatic heterocycles. The standard InChI is InChI=1S/C25H31N3O3S/c1-17-11-12-19-20(14-17)32-24-23(19)25(30)28(21(26-24)15-27(2)3)16-22(29)31-13-7-10-18-8-5-4-6-9-18/h4-6,8-9,17H,7,10-16H2,1-3H3. The second-order valence-electron chi connectivity index (χ2n) is 9.00. The molecule has 2 aromatic heterocycles. The Labute approximate surface area is 192 Å². The smallest absolute Gasteiger partial charge is 0.326 e. The first-order valence-corrected chi connectivity index (χ1v) is 12.1. The molecule has 6 nitrogen and oxygen atoms in total. The van der Waals surface area contributed by atoms with Gasteiger partial charge in [0.05, 0.1) is 18.5 Å². The Bertz CT molecular complexity index is 1150. The number of rotatable bonds is 8. The van der Waals surface area contributed by atoms with Gasteiger partial charge in [0.25, 0.3) is 5.56 Å². The van der Waals surface area contributed by atoms with Crippen LogP contribution in [0.15, 0.2) is 35.1 Å². The van der Waals surface area contributed by atoms with E-state index in [0.717, 1.165) is 42.5 Å². The van der Waals surface area contributed by atoms with Crippen molar-refractivity contribution in [2.24, 2.45) is 5.92 Å². The summed E-state index contributed by atoms with van der Waals surface area (Å²) in [6, 6.07) is 10.1. The molecule has 0 radical (unpaired) electrons. The average Bonchev–Trinajstić information content (AvgIpc) is 3.11. The molecule has 4 rings (SSSR count). The summed E-state index contributed by atoms with van der Waals surface area (Å²) >= 11 is 1.64. The molecule has 0 fully saturated rings. The van der Waals surface area contributed by atoms with E-state index in [1.807, 2.05) is 37.2 Å². The highest BCUT2D eigenvalue weighted by molar-refractivity contribution is 7.18. The highest BCUT2D eigenvalue weighted by atomic mass is 32.1. The van der Waals surface area contributed by atoms with Gasteiger partial charge >= 0.3 is 5.97 Å². The van der Waals surface area contributed by atoms with Gasteiger partial charge in [-0.2, -0.15) is 0 Å². The van der Waals surface area contributed by atoms with Gasteiger partial charge in [-0.3, -0.25) is 14.2 Å². The third kappa shape index (κ3) is 5.10. The lowest BCUT2D eigenvalue weighted by Crippen LogP contribution is -2.32. The fraction of sp³-hybridized carbons (Fsp3) is 0.480. The van der Waals surface area contributed by atoms with E-state index < -0.39 is 0 Å². The number of aromatic nitrogens is 2. The number of hydrogen-bond donors (Lipinski definition) is 0. The Hall–Kier alpha value is -2.51. The van der Waals surface area contributed by atoms with E-state index in [-0.39, 0.29) is 18.1 Å². The molecule has 3 aromatic rings. The van der Waals surface area contributed by atoms with Crippen molar-refractivity contribution in [2.45, 2.75) is 52.1 Å². The van der Waals surface area contributed by atoms with Crippen molar-refractivity contribution >= 4 is 27.5 Å². The molecule has 7 heteroatoms. The highest BCUT2D eigenvalue weighted by Gasteiger charge is 2.25. The van der Waals surface area contributed by atoms with E-state index in [2.05, 4.69) is 19.1 Å². The van der Waals surface area contributed by atoms with E-state index in [1.165, 1.54) is 15.0 Å². The summed E-state index contributed by atoms with van der Waals surface area (Å²) in [5, 5.41) is 0.705. The number of carbonyl (C=O) groups is 1. The van der Waals surface area contributed by atoms with Crippen LogP contribution in [0, 0.1) is 5.92 Å². The molecular weight excluding hydrogens is 422 g/mol. The number of fused-ring (bicyclic) bond motifs is 3. The molecule has 1 aliphatic rings. The van der Waals surface area contributed by atoms with Crippen molar-refractivity contribution in [3.05, 3.63) is 62.5 Å². The van der Waals surface area contributed by atoms with Crippen LogP contribution in [0.4, 0.5) is 0 Å². The minimum absolute atomic E-state index is 0.0999. The van der Waals surface area contributed by atoms with E-state index in [1.54, 1.807) is 11.3 Å². The molecule has 1 unspecified atom stereocenters. The molecule has 32 heavy (non-hydrogen) atoms. The molecule has 1 atom stereocenters. The average molecular weight is 454 g/mol. The minimum atomic E-state index is -0.390. The third-order valence-electron chi connectivity index (χ3n) is 5.95. The fourth-order valence-corrected chi connectivity index (χ4v) is 5.71. The molecule has 0 spiro atoms. The van der Waals surface area contributed by atoms with Crippen molar-refractivity contribution in [3.8, 4) is 0 Å². The molecule has 0 N–H and O–H groups in total. The van der Waals surface area contributed by atoms with Crippen molar-refractivity contribution in [2.75, 3.05) is 20.7 Å². The Morgan fingerprint density at radius 1 is 1.28 bits per heavy atom. The number of ether oxygens (including phenoxy) is 1. The maximum Gasteiger partial charge on any atom is 0.326 e. The lowest BCUT2D eigenvalue weighted by atomic mass is 9.89. The van der Waals surface area contributed by atoms with Gasteiger partial charge in [-0.05, 0) is 63.2 Å². The van der Waals surface area contributed by atoms with Crippen molar-refractivity contribution in [3.63, 3.8) is 0 Å². The Kier molecular flexibility index (Phi) is 7.06. The van der Waals surface area contributed by atoms with Crippen LogP contribution in [0.1, 0.15) is 41.6 Å². The van der Waals surface area contributed by atoms with Crippen LogP contribution in [0.5, 0.6) is 0 Å². The zero-order valence-electron chi connectivity index (χ0n) is 19.1. The SMILES string of the molecule is CC1CCc2c(sc3nc(CN(C)C)n(CC(=O)OCCCc4ccccc4)c(=O)c23)C1. The summed E-state index contributed by atoms with van der Waals surface area (Å²) in [5.74, 6) is 0.851. The normalized spacial score (nSPS) is 15.8. The quantitative estimate of drug-likeness (QED) is 0.383. The summed E-state index contributed by atoms with van der Waals surface area (Å²) in [7, 11) is 3.87. The predicted octanol–water partition coefficient (Wildman–Crippen LogP) is 3.82. The zero-order chi connectivity index (χ0) is 22.7. The molecular formula is C25H31N3O3S. The molecule has 0 amide bonds. The van der Waals surface area contributed by atoms with Gasteiger partial charge in [-0.1, -0.05) is 37.3 Å². The molecule has 0 saturated carbocycles. The lowest BCUT2D eigenvalue weighted by Gasteiger charge is -2.18. The predicted molar refractivity (Wildman–Crippen MR) is 128 cm³/mol. The Balaban J connectivity index is 1.52. The van der Waals surface area contributed by atoms with Gasteiger partial charge in [0.15, 0.2) is 0 Å². The van der Waals surface area contributed by atoms with Gasteiger partial charge < -0.3 is 9.64 Å². The Morgan fingerprint density at radius 2 is 2.06 bits per heavy atom. The van der Waals surface area contributed by atoms with Crippen LogP contribution in [0.2, 0.25) is 0 Å². The number of thiophene rings is 1. The first-order valence-electron chi connectivity index (χ1n) is 11.3. The monoisotopic (exact) mass is 453 g/mol. The first kappa shape index (κ1) is 22.7. The van der Waals surface area contributed by atoms with Gasteiger partial charge in [-0.25, -0.2) is 4.98 Å². The van der Waals surface area contributed by atoms with E-state index in [4.69, 9.17) is 9.72 Å². The van der Waals surface area contributed by atoms with Gasteiger partial charge in [-0.15, -0.1) is 11.3 Å². The first-order chi connectivity index (χ1) is 15.4. The summed E-state index contributed by atoms with van der Waals surface area (Å²) in [6.07, 6.45) is 4.60. The molecule has 1 aromatic carbocycles. The largest absolute Gasteiger partial charge is 0.464 e. The van der Waals surface area contributed by atoms with Crippen LogP contribution in [0.25, 0.3) is 10.2 Å². The summed E-state index contributed by atoms with van der Waals surface area (Å²) in [6.45, 7) is 2.99. The van der Waals surface area contributed by atoms with Crippen molar-refractivity contribution in [1.29, 1.82) is 0 Å². The topological polar surface area (TPSA) is 64.4 Å². The number of benzene rings is 1. The zero-order valence-corrected chi connectivity index (χ0v) is 19.9. The maximum atomic E-state index is 13.5.